The van der Waals surface area contributed by atoms with Gasteiger partial charge in [-0.05, 0) is 77.0 Å². The molecule has 0 aliphatic rings. The molecule has 33 heavy (non-hydrogen) atoms. The van der Waals surface area contributed by atoms with E-state index in [4.69, 9.17) is 10.2 Å². The van der Waals surface area contributed by atoms with E-state index >= 15 is 0 Å². The minimum atomic E-state index is -1.03. The smallest absolute Gasteiger partial charge is 0.303 e. The molecule has 0 unspecified atom stereocenters. The maximum atomic E-state index is 10.9. The van der Waals surface area contributed by atoms with Crippen LogP contribution < -0.4 is 5.11 Å². The van der Waals surface area contributed by atoms with Crippen LogP contribution in [-0.4, -0.2) is 58.8 Å². The summed E-state index contributed by atoms with van der Waals surface area (Å²) in [7, 11) is 0. The molecule has 0 saturated carbocycles. The molecule has 192 valence electrons. The fourth-order valence-corrected chi connectivity index (χ4v) is 4.29. The molecule has 0 bridgehead atoms. The van der Waals surface area contributed by atoms with Crippen molar-refractivity contribution in [3.05, 3.63) is 12.2 Å². The van der Waals surface area contributed by atoms with Crippen LogP contribution >= 0.6 is 0 Å². The second-order valence-electron chi connectivity index (χ2n) is 9.23. The molecule has 0 aromatic rings. The number of hydrogen-bond acceptors (Lipinski definition) is 4. The lowest BCUT2D eigenvalue weighted by atomic mass is 10.1. The van der Waals surface area contributed by atoms with Crippen molar-refractivity contribution >= 4 is 17.9 Å². The number of carbonyl (C=O) groups excluding carboxylic acids is 1. The Hall–Kier alpha value is -1.89. The molecule has 0 aromatic carbocycles. The first-order chi connectivity index (χ1) is 15.8. The third-order valence-electron chi connectivity index (χ3n) is 6.20. The summed E-state index contributed by atoms with van der Waals surface area (Å²) in [6.45, 7) is 5.74. The van der Waals surface area contributed by atoms with Gasteiger partial charge in [-0.1, -0.05) is 31.9 Å². The Bertz CT molecular complexity index is 506. The first-order valence-electron chi connectivity index (χ1n) is 12.9. The van der Waals surface area contributed by atoms with E-state index in [1.54, 1.807) is 0 Å². The molecule has 7 heteroatoms. The number of allylic oxidation sites excluding steroid dienone is 2. The summed E-state index contributed by atoms with van der Waals surface area (Å²) >= 11 is 0. The number of carbonyl (C=O) groups is 3. The first-order valence-corrected chi connectivity index (χ1v) is 12.9. The summed E-state index contributed by atoms with van der Waals surface area (Å²) in [6, 6.07) is 0. The first kappa shape index (κ1) is 31.1. The van der Waals surface area contributed by atoms with E-state index in [1.165, 1.54) is 19.3 Å². The largest absolute Gasteiger partial charge is 0.550 e. The topological polar surface area (TPSA) is 115 Å². The van der Waals surface area contributed by atoms with Gasteiger partial charge in [0.15, 0.2) is 0 Å². The second kappa shape index (κ2) is 20.7. The normalized spacial score (nSPS) is 11.8. The second-order valence-corrected chi connectivity index (χ2v) is 9.23. The molecular weight excluding hydrogens is 422 g/mol. The lowest BCUT2D eigenvalue weighted by molar-refractivity contribution is -0.929. The molecule has 0 rings (SSSR count). The quantitative estimate of drug-likeness (QED) is 0.122. The number of unbranched alkanes of at least 4 members (excludes halogenated alkanes) is 8. The molecule has 0 aromatic heterocycles. The van der Waals surface area contributed by atoms with Crippen LogP contribution in [0.5, 0.6) is 0 Å². The van der Waals surface area contributed by atoms with E-state index in [0.29, 0.717) is 19.3 Å². The zero-order chi connectivity index (χ0) is 24.8. The molecule has 0 spiro atoms. The molecule has 0 fully saturated rings. The van der Waals surface area contributed by atoms with E-state index in [1.807, 2.05) is 0 Å². The van der Waals surface area contributed by atoms with Gasteiger partial charge in [0.1, 0.15) is 0 Å². The summed E-state index contributed by atoms with van der Waals surface area (Å²) in [5.41, 5.74) is 0. The van der Waals surface area contributed by atoms with Gasteiger partial charge in [0.25, 0.3) is 0 Å². The van der Waals surface area contributed by atoms with Crippen LogP contribution in [0.4, 0.5) is 0 Å². The van der Waals surface area contributed by atoms with Crippen molar-refractivity contribution in [2.24, 2.45) is 0 Å². The number of quaternary nitrogens is 1. The molecule has 0 aliphatic carbocycles. The predicted molar refractivity (Wildman–Crippen MR) is 129 cm³/mol. The van der Waals surface area contributed by atoms with Crippen molar-refractivity contribution in [3.8, 4) is 0 Å². The van der Waals surface area contributed by atoms with Crippen molar-refractivity contribution in [2.45, 2.75) is 110 Å². The Morgan fingerprint density at radius 2 is 1.03 bits per heavy atom. The van der Waals surface area contributed by atoms with Crippen molar-refractivity contribution in [2.75, 3.05) is 26.2 Å². The van der Waals surface area contributed by atoms with Gasteiger partial charge in [-0.15, -0.1) is 0 Å². The average Bonchev–Trinajstić information content (AvgIpc) is 2.75. The summed E-state index contributed by atoms with van der Waals surface area (Å²) in [5, 5.41) is 28.7. The zero-order valence-electron chi connectivity index (χ0n) is 20.8. The molecule has 0 aliphatic heterocycles. The van der Waals surface area contributed by atoms with Gasteiger partial charge in [-0.25, -0.2) is 0 Å². The van der Waals surface area contributed by atoms with E-state index in [2.05, 4.69) is 19.1 Å². The van der Waals surface area contributed by atoms with Crippen molar-refractivity contribution in [1.29, 1.82) is 0 Å². The zero-order valence-corrected chi connectivity index (χ0v) is 20.8. The highest BCUT2D eigenvalue weighted by molar-refractivity contribution is 5.66. The van der Waals surface area contributed by atoms with Crippen LogP contribution in [0.15, 0.2) is 12.2 Å². The van der Waals surface area contributed by atoms with E-state index in [0.717, 1.165) is 75.6 Å². The Morgan fingerprint density at radius 1 is 0.636 bits per heavy atom. The van der Waals surface area contributed by atoms with Crippen molar-refractivity contribution < 1.29 is 34.2 Å². The number of nitrogens with zero attached hydrogens (tertiary/aromatic N) is 1. The summed E-state index contributed by atoms with van der Waals surface area (Å²) < 4.78 is 0.826. The van der Waals surface area contributed by atoms with Crippen LogP contribution in [0.25, 0.3) is 0 Å². The maximum Gasteiger partial charge on any atom is 0.303 e. The average molecular weight is 470 g/mol. The Balaban J connectivity index is 4.86. The van der Waals surface area contributed by atoms with Crippen LogP contribution in [0.2, 0.25) is 0 Å². The maximum absolute atomic E-state index is 10.9. The number of hydrogen-bond donors (Lipinski definition) is 2. The molecule has 0 heterocycles. The van der Waals surface area contributed by atoms with Gasteiger partial charge >= 0.3 is 11.9 Å². The number of rotatable bonds is 24. The molecule has 0 radical (unpaired) electrons. The van der Waals surface area contributed by atoms with Crippen LogP contribution in [0.1, 0.15) is 110 Å². The highest BCUT2D eigenvalue weighted by Crippen LogP contribution is 2.19. The van der Waals surface area contributed by atoms with Gasteiger partial charge in [-0.3, -0.25) is 9.59 Å². The minimum absolute atomic E-state index is 0.0564. The van der Waals surface area contributed by atoms with Gasteiger partial charge < -0.3 is 24.6 Å². The van der Waals surface area contributed by atoms with Gasteiger partial charge in [0.2, 0.25) is 0 Å². The van der Waals surface area contributed by atoms with Crippen LogP contribution in [0, 0.1) is 0 Å². The Kier molecular flexibility index (Phi) is 19.5. The van der Waals surface area contributed by atoms with Gasteiger partial charge in [0.05, 0.1) is 26.2 Å². The molecular formula is C26H47NO6. The van der Waals surface area contributed by atoms with Crippen LogP contribution in [-0.2, 0) is 14.4 Å². The predicted octanol–water partition coefficient (Wildman–Crippen LogP) is 4.54. The number of aliphatic carboxylic acids is 3. The standard InChI is InChI=1S/C26H47NO6/c1-2-3-4-5-6-7-8-9-13-20-27(21-14-10-17-24(28)29,22-15-11-18-25(30)31)23-16-12-19-26(32)33/h6-7H,2-5,8-23H2,1H3,(H2-,28,29,30,31,32,33)/b7-6+. The van der Waals surface area contributed by atoms with Gasteiger partial charge in [0, 0.05) is 18.8 Å². The van der Waals surface area contributed by atoms with Crippen molar-refractivity contribution in [1.82, 2.24) is 0 Å². The van der Waals surface area contributed by atoms with Crippen LogP contribution in [0.3, 0.4) is 0 Å². The monoisotopic (exact) mass is 469 g/mol. The summed E-state index contributed by atoms with van der Waals surface area (Å²) in [4.78, 5) is 32.6. The minimum Gasteiger partial charge on any atom is -0.550 e. The molecule has 0 saturated heterocycles. The van der Waals surface area contributed by atoms with Crippen molar-refractivity contribution in [3.63, 3.8) is 0 Å². The summed E-state index contributed by atoms with van der Waals surface area (Å²) in [5.74, 6) is -2.59. The molecule has 0 atom stereocenters. The lowest BCUT2D eigenvalue weighted by Gasteiger charge is -2.39. The number of carboxylic acids is 3. The van der Waals surface area contributed by atoms with E-state index in [-0.39, 0.29) is 19.3 Å². The van der Waals surface area contributed by atoms with Gasteiger partial charge in [-0.2, -0.15) is 0 Å². The van der Waals surface area contributed by atoms with E-state index in [9.17, 15) is 19.5 Å². The molecule has 7 nitrogen and oxygen atoms in total. The SMILES string of the molecule is CCCCC/C=C/CCCC[N+](CCCCC(=O)[O-])(CCCCC(=O)O)CCCCC(=O)O. The Morgan fingerprint density at radius 3 is 1.42 bits per heavy atom. The fourth-order valence-electron chi connectivity index (χ4n) is 4.29. The third kappa shape index (κ3) is 20.4. The lowest BCUT2D eigenvalue weighted by Crippen LogP contribution is -2.51. The third-order valence-corrected chi connectivity index (χ3v) is 6.20. The molecule has 0 amide bonds. The Labute approximate surface area is 200 Å². The number of carboxylic acid groups (broad SMARTS) is 3. The highest BCUT2D eigenvalue weighted by atomic mass is 16.4. The van der Waals surface area contributed by atoms with E-state index < -0.39 is 17.9 Å². The highest BCUT2D eigenvalue weighted by Gasteiger charge is 2.26. The fraction of sp³-hybridized carbons (Fsp3) is 0.808. The molecule has 2 N–H and O–H groups in total. The summed E-state index contributed by atoms with van der Waals surface area (Å²) in [6.07, 6.45) is 17.2.